The molecule has 4 heteroatoms. The second-order valence-corrected chi connectivity index (χ2v) is 6.55. The largest absolute Gasteiger partial charge is 0.352 e. The summed E-state index contributed by atoms with van der Waals surface area (Å²) < 4.78 is 5.71. The molecule has 1 heterocycles. The number of anilines is 4. The zero-order chi connectivity index (χ0) is 18.1. The maximum atomic E-state index is 5.71. The van der Waals surface area contributed by atoms with E-state index in [0.29, 0.717) is 0 Å². The molecule has 4 aromatic rings. The number of fused-ring (bicyclic) bond motifs is 1. The van der Waals surface area contributed by atoms with Crippen LogP contribution in [0.15, 0.2) is 65.2 Å². The Hall–Kier alpha value is -3.27. The normalized spacial score (nSPS) is 10.9. The molecule has 2 N–H and O–H groups in total. The number of para-hydroxylation sites is 2. The van der Waals surface area contributed by atoms with Crippen molar-refractivity contribution in [1.29, 1.82) is 0 Å². The van der Waals surface area contributed by atoms with Crippen LogP contribution in [0, 0.1) is 20.8 Å². The molecule has 0 atom stereocenters. The van der Waals surface area contributed by atoms with Crippen molar-refractivity contribution in [1.82, 2.24) is 5.16 Å². The van der Waals surface area contributed by atoms with Crippen molar-refractivity contribution < 1.29 is 4.52 Å². The van der Waals surface area contributed by atoms with E-state index < -0.39 is 0 Å². The van der Waals surface area contributed by atoms with E-state index in [4.69, 9.17) is 4.52 Å². The molecular weight excluding hydrogens is 322 g/mol. The molecule has 0 radical (unpaired) electrons. The minimum atomic E-state index is 0.724. The molecular formula is C22H21N3O. The minimum absolute atomic E-state index is 0.724. The van der Waals surface area contributed by atoms with Gasteiger partial charge in [-0.2, -0.15) is 0 Å². The van der Waals surface area contributed by atoms with Crippen LogP contribution in [0.25, 0.3) is 11.0 Å². The lowest BCUT2D eigenvalue weighted by Gasteiger charge is -2.12. The molecule has 4 nitrogen and oxygen atoms in total. The Morgan fingerprint density at radius 2 is 1.31 bits per heavy atom. The molecule has 0 amide bonds. The zero-order valence-electron chi connectivity index (χ0n) is 15.1. The fourth-order valence-electron chi connectivity index (χ4n) is 3.04. The smallest absolute Gasteiger partial charge is 0.192 e. The number of hydrogen-bond donors (Lipinski definition) is 2. The quantitative estimate of drug-likeness (QED) is 0.460. The Kier molecular flexibility index (Phi) is 4.09. The first kappa shape index (κ1) is 16.2. The van der Waals surface area contributed by atoms with Crippen LogP contribution < -0.4 is 10.6 Å². The fraction of sp³-hybridized carbons (Fsp3) is 0.136. The van der Waals surface area contributed by atoms with Gasteiger partial charge in [-0.25, -0.2) is 0 Å². The third kappa shape index (κ3) is 2.90. The van der Waals surface area contributed by atoms with Gasteiger partial charge in [-0.3, -0.25) is 0 Å². The summed E-state index contributed by atoms with van der Waals surface area (Å²) in [4.78, 5) is 0. The molecule has 1 aromatic heterocycles. The van der Waals surface area contributed by atoms with Gasteiger partial charge in [0.15, 0.2) is 11.4 Å². The lowest BCUT2D eigenvalue weighted by molar-refractivity contribution is 0.461. The van der Waals surface area contributed by atoms with Crippen LogP contribution in [0.1, 0.15) is 16.7 Å². The van der Waals surface area contributed by atoms with Gasteiger partial charge < -0.3 is 15.2 Å². The molecule has 0 aliphatic heterocycles. The standard InChI is InChI=1S/C22H21N3O/c1-14-8-4-6-10-18(14)23-20-16(3)12-13-17-21(20)26-25-22(17)24-19-11-7-5-9-15(19)2/h4-13,23H,1-3H3,(H,24,25). The molecule has 3 aromatic carbocycles. The van der Waals surface area contributed by atoms with E-state index in [1.54, 1.807) is 0 Å². The zero-order valence-corrected chi connectivity index (χ0v) is 15.1. The molecule has 0 spiro atoms. The highest BCUT2D eigenvalue weighted by Crippen LogP contribution is 2.35. The number of aryl methyl sites for hydroxylation is 3. The number of nitrogens with one attached hydrogen (secondary N) is 2. The number of aromatic nitrogens is 1. The maximum absolute atomic E-state index is 5.71. The van der Waals surface area contributed by atoms with Gasteiger partial charge in [-0.05, 0) is 55.7 Å². The van der Waals surface area contributed by atoms with Crippen LogP contribution in [-0.2, 0) is 0 Å². The monoisotopic (exact) mass is 343 g/mol. The van der Waals surface area contributed by atoms with Crippen LogP contribution in [0.5, 0.6) is 0 Å². The summed E-state index contributed by atoms with van der Waals surface area (Å²) in [5, 5.41) is 12.1. The predicted octanol–water partition coefficient (Wildman–Crippen LogP) is 6.24. The van der Waals surface area contributed by atoms with Crippen molar-refractivity contribution in [3.8, 4) is 0 Å². The van der Waals surface area contributed by atoms with E-state index in [1.807, 2.05) is 36.4 Å². The summed E-state index contributed by atoms with van der Waals surface area (Å²) in [5.74, 6) is 0.724. The Morgan fingerprint density at radius 3 is 1.96 bits per heavy atom. The van der Waals surface area contributed by atoms with E-state index >= 15 is 0 Å². The van der Waals surface area contributed by atoms with Crippen molar-refractivity contribution in [2.75, 3.05) is 10.6 Å². The number of hydrogen-bond acceptors (Lipinski definition) is 4. The molecule has 0 aliphatic rings. The summed E-state index contributed by atoms with van der Waals surface area (Å²) in [6.45, 7) is 6.22. The SMILES string of the molecule is Cc1ccccc1Nc1noc2c(Nc3ccccc3C)c(C)ccc12. The lowest BCUT2D eigenvalue weighted by Crippen LogP contribution is -1.96. The Morgan fingerprint density at radius 1 is 0.692 bits per heavy atom. The molecule has 4 rings (SSSR count). The summed E-state index contributed by atoms with van der Waals surface area (Å²) in [6, 6.07) is 20.5. The minimum Gasteiger partial charge on any atom is -0.352 e. The molecule has 0 bridgehead atoms. The Labute approximate surface area is 152 Å². The van der Waals surface area contributed by atoms with Crippen molar-refractivity contribution in [2.24, 2.45) is 0 Å². The highest BCUT2D eigenvalue weighted by molar-refractivity contribution is 5.99. The van der Waals surface area contributed by atoms with E-state index in [2.05, 4.69) is 60.8 Å². The van der Waals surface area contributed by atoms with Crippen LogP contribution in [-0.4, -0.2) is 5.16 Å². The number of benzene rings is 3. The molecule has 26 heavy (non-hydrogen) atoms. The molecule has 0 fully saturated rings. The van der Waals surface area contributed by atoms with E-state index in [-0.39, 0.29) is 0 Å². The molecule has 0 saturated carbocycles. The Bertz CT molecular complexity index is 1080. The summed E-state index contributed by atoms with van der Waals surface area (Å²) in [5.41, 5.74) is 7.24. The number of rotatable bonds is 4. The third-order valence-electron chi connectivity index (χ3n) is 4.65. The van der Waals surface area contributed by atoms with Gasteiger partial charge in [0.05, 0.1) is 11.1 Å². The van der Waals surface area contributed by atoms with Crippen molar-refractivity contribution >= 4 is 33.8 Å². The van der Waals surface area contributed by atoms with Gasteiger partial charge in [0.2, 0.25) is 0 Å². The average Bonchev–Trinajstić information content (AvgIpc) is 3.04. The first-order valence-electron chi connectivity index (χ1n) is 8.68. The van der Waals surface area contributed by atoms with E-state index in [1.165, 1.54) is 5.56 Å². The highest BCUT2D eigenvalue weighted by Gasteiger charge is 2.15. The maximum Gasteiger partial charge on any atom is 0.192 e. The van der Waals surface area contributed by atoms with Gasteiger partial charge in [0, 0.05) is 11.4 Å². The van der Waals surface area contributed by atoms with Crippen LogP contribution in [0.3, 0.4) is 0 Å². The summed E-state index contributed by atoms with van der Waals surface area (Å²) in [7, 11) is 0. The molecule has 130 valence electrons. The highest BCUT2D eigenvalue weighted by atomic mass is 16.5. The Balaban J connectivity index is 1.76. The molecule has 0 unspecified atom stereocenters. The topological polar surface area (TPSA) is 50.1 Å². The van der Waals surface area contributed by atoms with Gasteiger partial charge in [-0.1, -0.05) is 47.6 Å². The second kappa shape index (κ2) is 6.56. The van der Waals surface area contributed by atoms with Crippen molar-refractivity contribution in [3.05, 3.63) is 77.4 Å². The van der Waals surface area contributed by atoms with Gasteiger partial charge in [-0.15, -0.1) is 0 Å². The average molecular weight is 343 g/mol. The van der Waals surface area contributed by atoms with Gasteiger partial charge in [0.1, 0.15) is 0 Å². The number of nitrogens with zero attached hydrogens (tertiary/aromatic N) is 1. The van der Waals surface area contributed by atoms with Crippen molar-refractivity contribution in [2.45, 2.75) is 20.8 Å². The van der Waals surface area contributed by atoms with E-state index in [0.717, 1.165) is 45.0 Å². The van der Waals surface area contributed by atoms with Crippen LogP contribution >= 0.6 is 0 Å². The van der Waals surface area contributed by atoms with Gasteiger partial charge >= 0.3 is 0 Å². The fourth-order valence-corrected chi connectivity index (χ4v) is 3.04. The van der Waals surface area contributed by atoms with E-state index in [9.17, 15) is 0 Å². The third-order valence-corrected chi connectivity index (χ3v) is 4.65. The lowest BCUT2D eigenvalue weighted by atomic mass is 10.1. The predicted molar refractivity (Wildman–Crippen MR) is 108 cm³/mol. The molecule has 0 aliphatic carbocycles. The van der Waals surface area contributed by atoms with Crippen LogP contribution in [0.4, 0.5) is 22.9 Å². The first-order valence-corrected chi connectivity index (χ1v) is 8.68. The first-order chi connectivity index (χ1) is 12.6. The van der Waals surface area contributed by atoms with Crippen LogP contribution in [0.2, 0.25) is 0 Å². The summed E-state index contributed by atoms with van der Waals surface area (Å²) in [6.07, 6.45) is 0. The van der Waals surface area contributed by atoms with Gasteiger partial charge in [0.25, 0.3) is 0 Å². The second-order valence-electron chi connectivity index (χ2n) is 6.55. The van der Waals surface area contributed by atoms with Crippen molar-refractivity contribution in [3.63, 3.8) is 0 Å². The summed E-state index contributed by atoms with van der Waals surface area (Å²) >= 11 is 0. The molecule has 0 saturated heterocycles.